The molecule has 0 atom stereocenters. The predicted octanol–water partition coefficient (Wildman–Crippen LogP) is 3.28. The highest BCUT2D eigenvalue weighted by atomic mass is 16.5. The molecule has 1 aromatic heterocycles. The fourth-order valence-electron chi connectivity index (χ4n) is 2.14. The highest BCUT2D eigenvalue weighted by molar-refractivity contribution is 5.93. The van der Waals surface area contributed by atoms with E-state index in [1.807, 2.05) is 54.6 Å². The van der Waals surface area contributed by atoms with Crippen LogP contribution in [-0.2, 0) is 6.54 Å². The molecular formula is C18H16N2O3. The lowest BCUT2D eigenvalue weighted by molar-refractivity contribution is 0.0942. The van der Waals surface area contributed by atoms with E-state index in [-0.39, 0.29) is 11.6 Å². The van der Waals surface area contributed by atoms with Crippen molar-refractivity contribution < 1.29 is 14.1 Å². The molecule has 116 valence electrons. The number of amides is 1. The van der Waals surface area contributed by atoms with Crippen LogP contribution in [-0.4, -0.2) is 18.2 Å². The molecule has 0 radical (unpaired) electrons. The van der Waals surface area contributed by atoms with Crippen LogP contribution >= 0.6 is 0 Å². The second-order valence-corrected chi connectivity index (χ2v) is 4.97. The molecule has 0 saturated heterocycles. The molecule has 1 heterocycles. The molecule has 0 aliphatic heterocycles. The van der Waals surface area contributed by atoms with Crippen LogP contribution in [0.3, 0.4) is 0 Å². The Labute approximate surface area is 133 Å². The van der Waals surface area contributed by atoms with Crippen molar-refractivity contribution in [1.82, 2.24) is 10.5 Å². The van der Waals surface area contributed by atoms with Gasteiger partial charge in [0.1, 0.15) is 5.75 Å². The predicted molar refractivity (Wildman–Crippen MR) is 86.1 cm³/mol. The van der Waals surface area contributed by atoms with Crippen molar-refractivity contribution in [3.05, 3.63) is 71.9 Å². The van der Waals surface area contributed by atoms with Crippen LogP contribution in [0.2, 0.25) is 0 Å². The maximum Gasteiger partial charge on any atom is 0.273 e. The van der Waals surface area contributed by atoms with Gasteiger partial charge in [0.2, 0.25) is 0 Å². The highest BCUT2D eigenvalue weighted by Crippen LogP contribution is 2.19. The summed E-state index contributed by atoms with van der Waals surface area (Å²) in [6.45, 7) is 0.413. The highest BCUT2D eigenvalue weighted by Gasteiger charge is 2.13. The lowest BCUT2D eigenvalue weighted by atomic mass is 10.1. The maximum atomic E-state index is 12.1. The number of aromatic nitrogens is 1. The first-order valence-electron chi connectivity index (χ1n) is 7.19. The topological polar surface area (TPSA) is 64.4 Å². The Kier molecular flexibility index (Phi) is 4.38. The van der Waals surface area contributed by atoms with Gasteiger partial charge in [0.25, 0.3) is 5.91 Å². The lowest BCUT2D eigenvalue weighted by Gasteiger charge is -2.04. The Hall–Kier alpha value is -3.08. The van der Waals surface area contributed by atoms with Crippen LogP contribution in [0.4, 0.5) is 0 Å². The van der Waals surface area contributed by atoms with Gasteiger partial charge in [-0.25, -0.2) is 0 Å². The van der Waals surface area contributed by atoms with Crippen molar-refractivity contribution >= 4 is 5.91 Å². The molecule has 1 amide bonds. The minimum atomic E-state index is -0.272. The van der Waals surface area contributed by atoms with E-state index in [1.54, 1.807) is 13.2 Å². The molecule has 0 aliphatic rings. The summed E-state index contributed by atoms with van der Waals surface area (Å²) in [5.74, 6) is 1.08. The number of hydrogen-bond donors (Lipinski definition) is 1. The van der Waals surface area contributed by atoms with Crippen LogP contribution in [0, 0.1) is 0 Å². The molecule has 0 spiro atoms. The van der Waals surface area contributed by atoms with Crippen molar-refractivity contribution in [1.29, 1.82) is 0 Å². The van der Waals surface area contributed by atoms with Crippen molar-refractivity contribution in [3.63, 3.8) is 0 Å². The Balaban J connectivity index is 1.63. The van der Waals surface area contributed by atoms with E-state index in [4.69, 9.17) is 9.26 Å². The van der Waals surface area contributed by atoms with E-state index < -0.39 is 0 Å². The smallest absolute Gasteiger partial charge is 0.273 e. The molecule has 5 nitrogen and oxygen atoms in total. The molecule has 0 bridgehead atoms. The molecule has 0 unspecified atom stereocenters. The first-order chi connectivity index (χ1) is 11.3. The summed E-state index contributed by atoms with van der Waals surface area (Å²) < 4.78 is 10.3. The van der Waals surface area contributed by atoms with Crippen molar-refractivity contribution in [2.24, 2.45) is 0 Å². The van der Waals surface area contributed by atoms with Gasteiger partial charge in [-0.3, -0.25) is 4.79 Å². The second-order valence-electron chi connectivity index (χ2n) is 4.97. The van der Waals surface area contributed by atoms with Gasteiger partial charge in [-0.2, -0.15) is 0 Å². The summed E-state index contributed by atoms with van der Waals surface area (Å²) in [4.78, 5) is 12.1. The monoisotopic (exact) mass is 308 g/mol. The fraction of sp³-hybridized carbons (Fsp3) is 0.111. The van der Waals surface area contributed by atoms with Crippen LogP contribution in [0.15, 0.2) is 65.2 Å². The number of ether oxygens (including phenoxy) is 1. The summed E-state index contributed by atoms with van der Waals surface area (Å²) in [7, 11) is 1.62. The number of nitrogens with zero attached hydrogens (tertiary/aromatic N) is 1. The Morgan fingerprint density at radius 3 is 2.57 bits per heavy atom. The third kappa shape index (κ3) is 3.58. The van der Waals surface area contributed by atoms with Crippen LogP contribution in [0.25, 0.3) is 11.3 Å². The number of rotatable bonds is 5. The molecule has 0 saturated carbocycles. The van der Waals surface area contributed by atoms with Crippen molar-refractivity contribution in [3.8, 4) is 17.1 Å². The SMILES string of the molecule is COc1ccc(CNC(=O)c2cc(-c3ccccc3)on2)cc1. The Morgan fingerprint density at radius 1 is 1.13 bits per heavy atom. The zero-order valence-corrected chi connectivity index (χ0v) is 12.7. The normalized spacial score (nSPS) is 10.3. The molecule has 2 aromatic carbocycles. The standard InChI is InChI=1S/C18H16N2O3/c1-22-15-9-7-13(8-10-15)12-19-18(21)16-11-17(23-20-16)14-5-3-2-4-6-14/h2-11H,12H2,1H3,(H,19,21). The summed E-state index contributed by atoms with van der Waals surface area (Å²) in [6, 6.07) is 18.7. The number of benzene rings is 2. The van der Waals surface area contributed by atoms with E-state index in [1.165, 1.54) is 0 Å². The van der Waals surface area contributed by atoms with Gasteiger partial charge in [-0.05, 0) is 17.7 Å². The third-order valence-corrected chi connectivity index (χ3v) is 3.41. The van der Waals surface area contributed by atoms with E-state index in [0.717, 1.165) is 16.9 Å². The quantitative estimate of drug-likeness (QED) is 0.785. The molecule has 5 heteroatoms. The summed E-state index contributed by atoms with van der Waals surface area (Å²) in [5, 5.41) is 6.64. The molecule has 3 rings (SSSR count). The minimum absolute atomic E-state index is 0.261. The molecule has 23 heavy (non-hydrogen) atoms. The summed E-state index contributed by atoms with van der Waals surface area (Å²) >= 11 is 0. The fourth-order valence-corrected chi connectivity index (χ4v) is 2.14. The second kappa shape index (κ2) is 6.79. The Bertz CT molecular complexity index is 780. The van der Waals surface area contributed by atoms with E-state index >= 15 is 0 Å². The van der Waals surface area contributed by atoms with E-state index in [2.05, 4.69) is 10.5 Å². The largest absolute Gasteiger partial charge is 0.497 e. The van der Waals surface area contributed by atoms with Crippen LogP contribution in [0.5, 0.6) is 5.75 Å². The number of carbonyl (C=O) groups is 1. The van der Waals surface area contributed by atoms with Gasteiger partial charge in [-0.15, -0.1) is 0 Å². The number of methoxy groups -OCH3 is 1. The molecular weight excluding hydrogens is 292 g/mol. The third-order valence-electron chi connectivity index (χ3n) is 3.41. The van der Waals surface area contributed by atoms with Gasteiger partial charge in [0.05, 0.1) is 7.11 Å². The zero-order chi connectivity index (χ0) is 16.1. The summed E-state index contributed by atoms with van der Waals surface area (Å²) in [5.41, 5.74) is 2.12. The van der Waals surface area contributed by atoms with Gasteiger partial charge >= 0.3 is 0 Å². The van der Waals surface area contributed by atoms with Gasteiger partial charge in [0.15, 0.2) is 11.5 Å². The molecule has 3 aromatic rings. The van der Waals surface area contributed by atoms with E-state index in [0.29, 0.717) is 12.3 Å². The number of carbonyl (C=O) groups excluding carboxylic acids is 1. The van der Waals surface area contributed by atoms with Gasteiger partial charge in [-0.1, -0.05) is 47.6 Å². The summed E-state index contributed by atoms with van der Waals surface area (Å²) in [6.07, 6.45) is 0. The first kappa shape index (κ1) is 14.8. The number of nitrogens with one attached hydrogen (secondary N) is 1. The van der Waals surface area contributed by atoms with Gasteiger partial charge in [0, 0.05) is 18.2 Å². The first-order valence-corrected chi connectivity index (χ1v) is 7.19. The zero-order valence-electron chi connectivity index (χ0n) is 12.7. The van der Waals surface area contributed by atoms with Crippen molar-refractivity contribution in [2.75, 3.05) is 7.11 Å². The Morgan fingerprint density at radius 2 is 1.87 bits per heavy atom. The minimum Gasteiger partial charge on any atom is -0.497 e. The molecule has 0 aliphatic carbocycles. The molecule has 0 fully saturated rings. The van der Waals surface area contributed by atoms with Crippen molar-refractivity contribution in [2.45, 2.75) is 6.54 Å². The average molecular weight is 308 g/mol. The maximum absolute atomic E-state index is 12.1. The van der Waals surface area contributed by atoms with Crippen LogP contribution in [0.1, 0.15) is 16.1 Å². The average Bonchev–Trinajstić information content (AvgIpc) is 3.11. The molecule has 1 N–H and O–H groups in total. The van der Waals surface area contributed by atoms with Gasteiger partial charge < -0.3 is 14.6 Å². The van der Waals surface area contributed by atoms with Crippen LogP contribution < -0.4 is 10.1 Å². The lowest BCUT2D eigenvalue weighted by Crippen LogP contribution is -2.22. The number of hydrogen-bond acceptors (Lipinski definition) is 4. The van der Waals surface area contributed by atoms with E-state index in [9.17, 15) is 4.79 Å².